The lowest BCUT2D eigenvalue weighted by Gasteiger charge is -2.59. The quantitative estimate of drug-likeness (QED) is 0.362. The summed E-state index contributed by atoms with van der Waals surface area (Å²) in [6.45, 7) is 7.37. The number of nitrogens with zero attached hydrogens (tertiary/aromatic N) is 4. The molecule has 0 amide bonds. The first-order valence-electron chi connectivity index (χ1n) is 4.24. The minimum atomic E-state index is 0. The first kappa shape index (κ1) is 8.72. The fourth-order valence-electron chi connectivity index (χ4n) is 2.83. The molecule has 4 heterocycles. The summed E-state index contributed by atoms with van der Waals surface area (Å²) in [5.41, 5.74) is 0. The van der Waals surface area contributed by atoms with Gasteiger partial charge in [-0.3, -0.25) is 4.48 Å². The average molecular weight is 191 g/mol. The highest BCUT2D eigenvalue weighted by Gasteiger charge is 2.45. The molecule has 0 unspecified atom stereocenters. The van der Waals surface area contributed by atoms with E-state index in [1.165, 1.54) is 44.5 Å². The summed E-state index contributed by atoms with van der Waals surface area (Å²) in [4.78, 5) is 7.57. The summed E-state index contributed by atoms with van der Waals surface area (Å²) in [5, 5.41) is 0. The van der Waals surface area contributed by atoms with Crippen LogP contribution in [-0.4, -0.2) is 66.2 Å². The van der Waals surface area contributed by atoms with Crippen LogP contribution >= 0.6 is 0 Å². The molecule has 4 fully saturated rings. The Morgan fingerprint density at radius 3 is 1.42 bits per heavy atom. The van der Waals surface area contributed by atoms with E-state index in [2.05, 4.69) is 21.7 Å². The van der Waals surface area contributed by atoms with Gasteiger partial charge in [0.1, 0.15) is 20.0 Å². The molecule has 0 atom stereocenters. The minimum Gasteiger partial charge on any atom is -1.00 e. The van der Waals surface area contributed by atoms with Crippen molar-refractivity contribution in [3.63, 3.8) is 0 Å². The van der Waals surface area contributed by atoms with Gasteiger partial charge in [-0.2, -0.15) is 0 Å². The van der Waals surface area contributed by atoms with Crippen molar-refractivity contribution in [1.82, 2.24) is 14.7 Å². The number of hydrogen-bond donors (Lipinski definition) is 0. The van der Waals surface area contributed by atoms with Crippen LogP contribution in [0.5, 0.6) is 0 Å². The molecule has 0 aliphatic carbocycles. The molecule has 70 valence electrons. The zero-order valence-corrected chi connectivity index (χ0v) is 8.17. The maximum absolute atomic E-state index is 2.52. The molecule has 0 radical (unpaired) electrons. The first-order chi connectivity index (χ1) is 5.23. The van der Waals surface area contributed by atoms with Crippen LogP contribution in [0, 0.1) is 0 Å². The van der Waals surface area contributed by atoms with Crippen LogP contribution in [0.2, 0.25) is 0 Å². The van der Waals surface area contributed by atoms with Crippen molar-refractivity contribution in [1.29, 1.82) is 0 Å². The van der Waals surface area contributed by atoms with Crippen molar-refractivity contribution in [2.24, 2.45) is 0 Å². The summed E-state index contributed by atoms with van der Waals surface area (Å²) in [7, 11) is 2.35. The van der Waals surface area contributed by atoms with Crippen molar-refractivity contribution in [2.75, 3.05) is 47.1 Å². The zero-order chi connectivity index (χ0) is 7.47. The van der Waals surface area contributed by atoms with Crippen molar-refractivity contribution >= 4 is 0 Å². The van der Waals surface area contributed by atoms with E-state index in [4.69, 9.17) is 0 Å². The molecule has 0 saturated carbocycles. The lowest BCUT2D eigenvalue weighted by Crippen LogP contribution is -3.00. The van der Waals surface area contributed by atoms with Crippen LogP contribution in [0.4, 0.5) is 0 Å². The van der Waals surface area contributed by atoms with E-state index in [0.29, 0.717) is 0 Å². The molecule has 4 aliphatic heterocycles. The third kappa shape index (κ3) is 1.15. The fraction of sp³-hybridized carbons (Fsp3) is 1.00. The topological polar surface area (TPSA) is 9.72 Å². The van der Waals surface area contributed by atoms with E-state index in [9.17, 15) is 0 Å². The highest BCUT2D eigenvalue weighted by molar-refractivity contribution is 4.72. The van der Waals surface area contributed by atoms with Gasteiger partial charge in [0, 0.05) is 0 Å². The maximum Gasteiger partial charge on any atom is 0.139 e. The van der Waals surface area contributed by atoms with Gasteiger partial charge in [0.2, 0.25) is 0 Å². The van der Waals surface area contributed by atoms with Crippen molar-refractivity contribution in [2.45, 2.75) is 0 Å². The number of quaternary nitrogens is 1. The molecule has 4 nitrogen and oxygen atoms in total. The first-order valence-corrected chi connectivity index (χ1v) is 4.24. The number of halogens is 1. The Balaban J connectivity index is 0.000000563. The monoisotopic (exact) mass is 190 g/mol. The molecular weight excluding hydrogens is 176 g/mol. The second kappa shape index (κ2) is 2.56. The molecule has 4 aliphatic rings. The van der Waals surface area contributed by atoms with Crippen LogP contribution in [0.15, 0.2) is 0 Å². The molecule has 0 spiro atoms. The van der Waals surface area contributed by atoms with Gasteiger partial charge in [0.15, 0.2) is 0 Å². The molecular formula is C7H15ClN4. The predicted octanol–water partition coefficient (Wildman–Crippen LogP) is -3.87. The van der Waals surface area contributed by atoms with Gasteiger partial charge in [-0.1, -0.05) is 0 Å². The largest absolute Gasteiger partial charge is 1.00 e. The molecule has 0 aromatic carbocycles. The van der Waals surface area contributed by atoms with Crippen LogP contribution < -0.4 is 12.4 Å². The van der Waals surface area contributed by atoms with Gasteiger partial charge >= 0.3 is 0 Å². The number of hydrogen-bond acceptors (Lipinski definition) is 3. The van der Waals surface area contributed by atoms with Crippen LogP contribution in [0.3, 0.4) is 0 Å². The van der Waals surface area contributed by atoms with Gasteiger partial charge in [-0.25, -0.2) is 14.7 Å². The Morgan fingerprint density at radius 1 is 0.833 bits per heavy atom. The molecule has 0 aromatic rings. The second-order valence-corrected chi connectivity index (χ2v) is 4.48. The van der Waals surface area contributed by atoms with Crippen molar-refractivity contribution in [3.05, 3.63) is 0 Å². The Kier molecular flexibility index (Phi) is 1.86. The zero-order valence-electron chi connectivity index (χ0n) is 7.41. The minimum absolute atomic E-state index is 0. The van der Waals surface area contributed by atoms with E-state index in [1.54, 1.807) is 0 Å². The Hall–Kier alpha value is 0.130. The maximum atomic E-state index is 2.52. The summed E-state index contributed by atoms with van der Waals surface area (Å²) < 4.78 is 1.21. The van der Waals surface area contributed by atoms with Gasteiger partial charge in [-0.15, -0.1) is 0 Å². The fourth-order valence-corrected chi connectivity index (χ4v) is 2.83. The molecule has 4 saturated heterocycles. The van der Waals surface area contributed by atoms with Crippen molar-refractivity contribution in [3.8, 4) is 0 Å². The van der Waals surface area contributed by atoms with E-state index in [0.717, 1.165) is 0 Å². The van der Waals surface area contributed by atoms with E-state index in [-0.39, 0.29) is 12.4 Å². The lowest BCUT2D eigenvalue weighted by atomic mass is 10.3. The smallest absolute Gasteiger partial charge is 0.139 e. The summed E-state index contributed by atoms with van der Waals surface area (Å²) in [6.07, 6.45) is 0. The highest BCUT2D eigenvalue weighted by Crippen LogP contribution is 2.25. The van der Waals surface area contributed by atoms with E-state index in [1.807, 2.05) is 0 Å². The third-order valence-corrected chi connectivity index (χ3v) is 2.82. The lowest BCUT2D eigenvalue weighted by molar-refractivity contribution is -0.963. The predicted molar refractivity (Wildman–Crippen MR) is 40.9 cm³/mol. The number of rotatable bonds is 0. The molecule has 0 aromatic heterocycles. The van der Waals surface area contributed by atoms with Crippen molar-refractivity contribution < 1.29 is 16.9 Å². The van der Waals surface area contributed by atoms with Crippen LogP contribution in [-0.2, 0) is 0 Å². The third-order valence-electron chi connectivity index (χ3n) is 2.82. The summed E-state index contributed by atoms with van der Waals surface area (Å²) >= 11 is 0. The SMILES string of the molecule is C[N+]12CN3CN(CN(C3)C1)C2.[Cl-]. The average Bonchev–Trinajstić information content (AvgIpc) is 1.79. The molecule has 12 heavy (non-hydrogen) atoms. The van der Waals surface area contributed by atoms with Crippen LogP contribution in [0.25, 0.3) is 0 Å². The normalized spacial score (nSPS) is 55.2. The highest BCUT2D eigenvalue weighted by atomic mass is 35.5. The van der Waals surface area contributed by atoms with Gasteiger partial charge in [0.25, 0.3) is 0 Å². The molecule has 5 heteroatoms. The Bertz CT molecular complexity index is 161. The van der Waals surface area contributed by atoms with Crippen LogP contribution in [0.1, 0.15) is 0 Å². The van der Waals surface area contributed by atoms with Gasteiger partial charge in [0.05, 0.1) is 27.1 Å². The Morgan fingerprint density at radius 2 is 1.17 bits per heavy atom. The van der Waals surface area contributed by atoms with E-state index < -0.39 is 0 Å². The van der Waals surface area contributed by atoms with E-state index >= 15 is 0 Å². The Labute approximate surface area is 79.3 Å². The van der Waals surface area contributed by atoms with Gasteiger partial charge in [-0.05, 0) is 0 Å². The second-order valence-electron chi connectivity index (χ2n) is 4.48. The standard InChI is InChI=1S/C7H15N4.ClH/c1-11-5-8-2-9(6-11)4-10(3-8)7-11;/h2-7H2,1H3;1H/q+1;/p-1. The molecule has 4 rings (SSSR count). The molecule has 0 N–H and O–H groups in total. The molecule has 4 bridgehead atoms. The summed E-state index contributed by atoms with van der Waals surface area (Å²) in [6, 6.07) is 0. The summed E-state index contributed by atoms with van der Waals surface area (Å²) in [5.74, 6) is 0. The van der Waals surface area contributed by atoms with Gasteiger partial charge < -0.3 is 12.4 Å².